The number of nitrogens with one attached hydrogen (secondary N) is 1. The highest BCUT2D eigenvalue weighted by Crippen LogP contribution is 2.38. The molecule has 0 fully saturated rings. The van der Waals surface area contributed by atoms with Gasteiger partial charge in [0.25, 0.3) is 5.91 Å². The van der Waals surface area contributed by atoms with E-state index in [1.54, 1.807) is 18.2 Å². The Balaban J connectivity index is 1.87. The zero-order valence-electron chi connectivity index (χ0n) is 16.3. The molecule has 0 saturated heterocycles. The predicted molar refractivity (Wildman–Crippen MR) is 113 cm³/mol. The van der Waals surface area contributed by atoms with Gasteiger partial charge in [0.2, 0.25) is 5.91 Å². The standard InChI is InChI=1S/C23H15BrF4N2O2/c24-16-6-9-19-18(11-16)21(13-4-7-17(25)8-5-13)30(12-20(31)29-19)22(32)14-2-1-3-15(10-14)23(26,27)28/h1-11,21H,12H2,(H,29,31)/t21-/m1/s1. The van der Waals surface area contributed by atoms with Crippen molar-refractivity contribution in [3.05, 3.63) is 99.3 Å². The van der Waals surface area contributed by atoms with Gasteiger partial charge in [-0.05, 0) is 54.1 Å². The average Bonchev–Trinajstić information content (AvgIpc) is 2.89. The molecule has 3 aromatic carbocycles. The highest BCUT2D eigenvalue weighted by atomic mass is 79.9. The van der Waals surface area contributed by atoms with Crippen LogP contribution in [0.4, 0.5) is 23.2 Å². The number of hydrogen-bond donors (Lipinski definition) is 1. The normalized spacial score (nSPS) is 16.2. The van der Waals surface area contributed by atoms with Gasteiger partial charge in [-0.1, -0.05) is 34.1 Å². The SMILES string of the molecule is O=C1CN(C(=O)c2cccc(C(F)(F)F)c2)[C@H](c2ccc(F)cc2)c2cc(Br)ccc2N1. The van der Waals surface area contributed by atoms with Gasteiger partial charge in [0.05, 0.1) is 11.6 Å². The minimum absolute atomic E-state index is 0.210. The number of halogens is 5. The van der Waals surface area contributed by atoms with Crippen LogP contribution in [-0.2, 0) is 11.0 Å². The lowest BCUT2D eigenvalue weighted by atomic mass is 9.95. The second-order valence-electron chi connectivity index (χ2n) is 7.25. The summed E-state index contributed by atoms with van der Waals surface area (Å²) in [6.45, 7) is -0.399. The fourth-order valence-corrected chi connectivity index (χ4v) is 4.04. The molecule has 1 N–H and O–H groups in total. The fourth-order valence-electron chi connectivity index (χ4n) is 3.67. The van der Waals surface area contributed by atoms with Crippen LogP contribution < -0.4 is 5.32 Å². The number of benzene rings is 3. The van der Waals surface area contributed by atoms with Crippen LogP contribution in [0.25, 0.3) is 0 Å². The molecule has 3 aromatic rings. The van der Waals surface area contributed by atoms with E-state index in [0.717, 1.165) is 18.2 Å². The molecule has 4 rings (SSSR count). The lowest BCUT2D eigenvalue weighted by Crippen LogP contribution is -2.39. The summed E-state index contributed by atoms with van der Waals surface area (Å²) in [6, 6.07) is 13.7. The number of anilines is 1. The molecule has 4 nitrogen and oxygen atoms in total. The molecule has 32 heavy (non-hydrogen) atoms. The molecule has 1 aliphatic rings. The molecule has 0 unspecified atom stereocenters. The topological polar surface area (TPSA) is 49.4 Å². The molecule has 0 aliphatic carbocycles. The summed E-state index contributed by atoms with van der Waals surface area (Å²) in [4.78, 5) is 27.2. The predicted octanol–water partition coefficient (Wildman–Crippen LogP) is 5.79. The Kier molecular flexibility index (Phi) is 5.77. The number of rotatable bonds is 2. The first-order valence-corrected chi connectivity index (χ1v) is 10.3. The third kappa shape index (κ3) is 4.38. The molecular formula is C23H15BrF4N2O2. The molecule has 9 heteroatoms. The molecule has 1 heterocycles. The van der Waals surface area contributed by atoms with Crippen LogP contribution in [0.3, 0.4) is 0 Å². The van der Waals surface area contributed by atoms with E-state index in [0.29, 0.717) is 21.3 Å². The molecule has 0 saturated carbocycles. The largest absolute Gasteiger partial charge is 0.416 e. The maximum atomic E-state index is 13.6. The smallest absolute Gasteiger partial charge is 0.324 e. The van der Waals surface area contributed by atoms with Gasteiger partial charge in [-0.15, -0.1) is 0 Å². The minimum atomic E-state index is -4.62. The van der Waals surface area contributed by atoms with Gasteiger partial charge in [-0.25, -0.2) is 4.39 Å². The monoisotopic (exact) mass is 506 g/mol. The maximum absolute atomic E-state index is 13.6. The van der Waals surface area contributed by atoms with E-state index in [1.807, 2.05) is 0 Å². The first-order valence-electron chi connectivity index (χ1n) is 9.46. The Morgan fingerprint density at radius 2 is 1.75 bits per heavy atom. The third-order valence-corrected chi connectivity index (χ3v) is 5.58. The van der Waals surface area contributed by atoms with E-state index < -0.39 is 42.0 Å². The van der Waals surface area contributed by atoms with E-state index in [1.165, 1.54) is 35.2 Å². The Hall–Kier alpha value is -3.20. The number of carbonyl (C=O) groups is 2. The Morgan fingerprint density at radius 3 is 2.44 bits per heavy atom. The summed E-state index contributed by atoms with van der Waals surface area (Å²) in [5.74, 6) is -1.74. The van der Waals surface area contributed by atoms with E-state index in [9.17, 15) is 27.2 Å². The van der Waals surface area contributed by atoms with Crippen LogP contribution in [-0.4, -0.2) is 23.3 Å². The number of nitrogens with zero attached hydrogens (tertiary/aromatic N) is 1. The summed E-state index contributed by atoms with van der Waals surface area (Å²) in [5, 5.41) is 2.72. The van der Waals surface area contributed by atoms with E-state index >= 15 is 0 Å². The number of fused-ring (bicyclic) bond motifs is 1. The number of hydrogen-bond acceptors (Lipinski definition) is 2. The maximum Gasteiger partial charge on any atom is 0.416 e. The summed E-state index contributed by atoms with van der Waals surface area (Å²) in [6.07, 6.45) is -4.62. The van der Waals surface area contributed by atoms with Crippen molar-refractivity contribution in [3.63, 3.8) is 0 Å². The average molecular weight is 507 g/mol. The van der Waals surface area contributed by atoms with Crippen molar-refractivity contribution in [2.24, 2.45) is 0 Å². The summed E-state index contributed by atoms with van der Waals surface area (Å²) < 4.78 is 53.8. The van der Waals surface area contributed by atoms with Gasteiger partial charge in [0.15, 0.2) is 0 Å². The van der Waals surface area contributed by atoms with Gasteiger partial charge in [0.1, 0.15) is 12.4 Å². The highest BCUT2D eigenvalue weighted by Gasteiger charge is 2.36. The molecule has 1 atom stereocenters. The number of carbonyl (C=O) groups excluding carboxylic acids is 2. The second kappa shape index (κ2) is 8.38. The van der Waals surface area contributed by atoms with Crippen molar-refractivity contribution in [2.45, 2.75) is 12.2 Å². The van der Waals surface area contributed by atoms with Crippen LogP contribution in [0.15, 0.2) is 71.2 Å². The first kappa shape index (κ1) is 22.0. The Morgan fingerprint density at radius 1 is 1.03 bits per heavy atom. The van der Waals surface area contributed by atoms with Crippen molar-refractivity contribution in [3.8, 4) is 0 Å². The molecular weight excluding hydrogens is 492 g/mol. The third-order valence-electron chi connectivity index (χ3n) is 5.09. The lowest BCUT2D eigenvalue weighted by molar-refractivity contribution is -0.137. The van der Waals surface area contributed by atoms with Crippen molar-refractivity contribution >= 4 is 33.4 Å². The van der Waals surface area contributed by atoms with Crippen molar-refractivity contribution in [1.82, 2.24) is 4.90 Å². The zero-order valence-corrected chi connectivity index (χ0v) is 17.9. The lowest BCUT2D eigenvalue weighted by Gasteiger charge is -2.31. The number of amides is 2. The van der Waals surface area contributed by atoms with Crippen molar-refractivity contribution < 1.29 is 27.2 Å². The summed E-state index contributed by atoms with van der Waals surface area (Å²) in [7, 11) is 0. The molecule has 0 radical (unpaired) electrons. The molecule has 1 aliphatic heterocycles. The zero-order chi connectivity index (χ0) is 23.0. The van der Waals surface area contributed by atoms with Gasteiger partial charge < -0.3 is 10.2 Å². The van der Waals surface area contributed by atoms with Crippen LogP contribution in [0.5, 0.6) is 0 Å². The van der Waals surface area contributed by atoms with Crippen LogP contribution in [0.2, 0.25) is 0 Å². The summed E-state index contributed by atoms with van der Waals surface area (Å²) in [5.41, 5.74) is 0.314. The molecule has 164 valence electrons. The van der Waals surface area contributed by atoms with Gasteiger partial charge >= 0.3 is 6.18 Å². The molecule has 0 aromatic heterocycles. The van der Waals surface area contributed by atoms with Crippen LogP contribution in [0, 0.1) is 5.82 Å². The van der Waals surface area contributed by atoms with E-state index in [-0.39, 0.29) is 5.56 Å². The highest BCUT2D eigenvalue weighted by molar-refractivity contribution is 9.10. The molecule has 0 spiro atoms. The Labute approximate surface area is 189 Å². The fraction of sp³-hybridized carbons (Fsp3) is 0.130. The van der Waals surface area contributed by atoms with Crippen molar-refractivity contribution in [2.75, 3.05) is 11.9 Å². The Bertz CT molecular complexity index is 1200. The van der Waals surface area contributed by atoms with Gasteiger partial charge in [-0.2, -0.15) is 13.2 Å². The summed E-state index contributed by atoms with van der Waals surface area (Å²) >= 11 is 3.37. The first-order chi connectivity index (χ1) is 15.1. The minimum Gasteiger partial charge on any atom is -0.324 e. The molecule has 2 amide bonds. The van der Waals surface area contributed by atoms with Crippen molar-refractivity contribution in [1.29, 1.82) is 0 Å². The molecule has 0 bridgehead atoms. The van der Waals surface area contributed by atoms with Crippen LogP contribution in [0.1, 0.15) is 33.1 Å². The van der Waals surface area contributed by atoms with Gasteiger partial charge in [-0.3, -0.25) is 9.59 Å². The number of alkyl halides is 3. The van der Waals surface area contributed by atoms with Crippen LogP contribution >= 0.6 is 15.9 Å². The van der Waals surface area contributed by atoms with E-state index in [4.69, 9.17) is 0 Å². The van der Waals surface area contributed by atoms with E-state index in [2.05, 4.69) is 21.2 Å². The second-order valence-corrected chi connectivity index (χ2v) is 8.16. The van der Waals surface area contributed by atoms with Gasteiger partial charge in [0, 0.05) is 21.3 Å². The quantitative estimate of drug-likeness (QED) is 0.447.